The number of halogens is 1. The highest BCUT2D eigenvalue weighted by molar-refractivity contribution is 6.31. The van der Waals surface area contributed by atoms with Gasteiger partial charge in [-0.05, 0) is 50.7 Å². The summed E-state index contributed by atoms with van der Waals surface area (Å²) in [6, 6.07) is 5.35. The molecule has 0 fully saturated rings. The van der Waals surface area contributed by atoms with Crippen molar-refractivity contribution in [1.82, 2.24) is 10.2 Å². The third kappa shape index (κ3) is 6.26. The molecule has 0 aliphatic heterocycles. The standard InChI is InChI=1S/C15H23ClN2O2/c1-11(9-18(3)4)8-17-15(19)10-20-13-5-6-14(16)12(2)7-13/h5-7,11H,8-10H2,1-4H3,(H,17,19)/t11-/m0/s1. The first-order valence-corrected chi connectivity index (χ1v) is 7.06. The lowest BCUT2D eigenvalue weighted by Gasteiger charge is -2.17. The van der Waals surface area contributed by atoms with E-state index in [1.54, 1.807) is 12.1 Å². The maximum atomic E-state index is 11.7. The zero-order valence-corrected chi connectivity index (χ0v) is 13.3. The molecule has 0 spiro atoms. The summed E-state index contributed by atoms with van der Waals surface area (Å²) in [5.74, 6) is 0.957. The minimum absolute atomic E-state index is 0.0236. The molecule has 0 unspecified atom stereocenters. The summed E-state index contributed by atoms with van der Waals surface area (Å²) in [5.41, 5.74) is 0.934. The Morgan fingerprint density at radius 2 is 2.15 bits per heavy atom. The molecule has 0 radical (unpaired) electrons. The monoisotopic (exact) mass is 298 g/mol. The van der Waals surface area contributed by atoms with E-state index >= 15 is 0 Å². The van der Waals surface area contributed by atoms with Gasteiger partial charge in [-0.2, -0.15) is 0 Å². The van der Waals surface area contributed by atoms with E-state index in [0.29, 0.717) is 23.2 Å². The van der Waals surface area contributed by atoms with Crippen molar-refractivity contribution in [2.24, 2.45) is 5.92 Å². The molecule has 0 aromatic heterocycles. The zero-order valence-electron chi connectivity index (χ0n) is 12.6. The SMILES string of the molecule is Cc1cc(OCC(=O)NC[C@H](C)CN(C)C)ccc1Cl. The molecule has 0 heterocycles. The van der Waals surface area contributed by atoms with Gasteiger partial charge in [-0.1, -0.05) is 18.5 Å². The Morgan fingerprint density at radius 1 is 1.45 bits per heavy atom. The van der Waals surface area contributed by atoms with Gasteiger partial charge in [0.15, 0.2) is 6.61 Å². The number of carbonyl (C=O) groups excluding carboxylic acids is 1. The van der Waals surface area contributed by atoms with Gasteiger partial charge in [0, 0.05) is 18.1 Å². The molecule has 1 amide bonds. The van der Waals surface area contributed by atoms with Crippen LogP contribution in [0.15, 0.2) is 18.2 Å². The Morgan fingerprint density at radius 3 is 2.75 bits per heavy atom. The van der Waals surface area contributed by atoms with Crippen molar-refractivity contribution in [3.8, 4) is 5.75 Å². The van der Waals surface area contributed by atoms with E-state index in [9.17, 15) is 4.79 Å². The van der Waals surface area contributed by atoms with E-state index in [0.717, 1.165) is 12.1 Å². The normalized spacial score (nSPS) is 12.3. The third-order valence-electron chi connectivity index (χ3n) is 2.82. The molecule has 0 saturated heterocycles. The molecule has 1 aromatic carbocycles. The fourth-order valence-electron chi connectivity index (χ4n) is 1.88. The first-order chi connectivity index (χ1) is 9.38. The number of nitrogens with zero attached hydrogens (tertiary/aromatic N) is 1. The second-order valence-electron chi connectivity index (χ2n) is 5.37. The second kappa shape index (κ2) is 8.12. The van der Waals surface area contributed by atoms with Gasteiger partial charge in [0.05, 0.1) is 0 Å². The van der Waals surface area contributed by atoms with Crippen molar-refractivity contribution in [1.29, 1.82) is 0 Å². The van der Waals surface area contributed by atoms with Gasteiger partial charge in [-0.3, -0.25) is 4.79 Å². The summed E-state index contributed by atoms with van der Waals surface area (Å²) < 4.78 is 5.44. The minimum Gasteiger partial charge on any atom is -0.484 e. The molecule has 1 N–H and O–H groups in total. The van der Waals surface area contributed by atoms with Gasteiger partial charge in [0.2, 0.25) is 0 Å². The molecular weight excluding hydrogens is 276 g/mol. The van der Waals surface area contributed by atoms with Crippen LogP contribution in [0.2, 0.25) is 5.02 Å². The number of nitrogens with one attached hydrogen (secondary N) is 1. The van der Waals surface area contributed by atoms with Gasteiger partial charge in [-0.25, -0.2) is 0 Å². The molecular formula is C15H23ClN2O2. The van der Waals surface area contributed by atoms with Gasteiger partial charge in [0.1, 0.15) is 5.75 Å². The van der Waals surface area contributed by atoms with Crippen LogP contribution in [0.25, 0.3) is 0 Å². The van der Waals surface area contributed by atoms with Crippen molar-refractivity contribution in [3.05, 3.63) is 28.8 Å². The number of hydrogen-bond acceptors (Lipinski definition) is 3. The van der Waals surface area contributed by atoms with E-state index in [-0.39, 0.29) is 12.5 Å². The molecule has 5 heteroatoms. The topological polar surface area (TPSA) is 41.6 Å². The van der Waals surface area contributed by atoms with Crippen LogP contribution in [0.3, 0.4) is 0 Å². The van der Waals surface area contributed by atoms with Crippen molar-refractivity contribution >= 4 is 17.5 Å². The van der Waals surface area contributed by atoms with Gasteiger partial charge in [0.25, 0.3) is 5.91 Å². The average molecular weight is 299 g/mol. The van der Waals surface area contributed by atoms with Crippen LogP contribution in [0.5, 0.6) is 5.75 Å². The Kier molecular flexibility index (Phi) is 6.82. The van der Waals surface area contributed by atoms with Crippen LogP contribution in [-0.2, 0) is 4.79 Å². The smallest absolute Gasteiger partial charge is 0.257 e. The number of amides is 1. The number of benzene rings is 1. The summed E-state index contributed by atoms with van der Waals surface area (Å²) in [4.78, 5) is 13.8. The lowest BCUT2D eigenvalue weighted by molar-refractivity contribution is -0.123. The Labute approximate surface area is 126 Å². The van der Waals surface area contributed by atoms with E-state index in [1.165, 1.54) is 0 Å². The lowest BCUT2D eigenvalue weighted by atomic mass is 10.2. The highest BCUT2D eigenvalue weighted by Gasteiger charge is 2.07. The average Bonchev–Trinajstić information content (AvgIpc) is 2.37. The number of hydrogen-bond donors (Lipinski definition) is 1. The van der Waals surface area contributed by atoms with Crippen LogP contribution >= 0.6 is 11.6 Å². The lowest BCUT2D eigenvalue weighted by Crippen LogP contribution is -2.35. The molecule has 4 nitrogen and oxygen atoms in total. The van der Waals surface area contributed by atoms with Crippen LogP contribution < -0.4 is 10.1 Å². The molecule has 0 aliphatic carbocycles. The highest BCUT2D eigenvalue weighted by atomic mass is 35.5. The molecule has 1 rings (SSSR count). The quantitative estimate of drug-likeness (QED) is 0.840. The van der Waals surface area contributed by atoms with Crippen molar-refractivity contribution in [3.63, 3.8) is 0 Å². The van der Waals surface area contributed by atoms with E-state index in [1.807, 2.05) is 27.1 Å². The summed E-state index contributed by atoms with van der Waals surface area (Å²) in [6.07, 6.45) is 0. The molecule has 112 valence electrons. The number of aryl methyl sites for hydroxylation is 1. The van der Waals surface area contributed by atoms with Gasteiger partial charge >= 0.3 is 0 Å². The first-order valence-electron chi connectivity index (χ1n) is 6.69. The fourth-order valence-corrected chi connectivity index (χ4v) is 2.00. The summed E-state index contributed by atoms with van der Waals surface area (Å²) in [5, 5.41) is 3.56. The molecule has 1 atom stereocenters. The largest absolute Gasteiger partial charge is 0.484 e. The van der Waals surface area contributed by atoms with Crippen molar-refractivity contribution in [2.45, 2.75) is 13.8 Å². The zero-order chi connectivity index (χ0) is 15.1. The highest BCUT2D eigenvalue weighted by Crippen LogP contribution is 2.20. The Balaban J connectivity index is 2.31. The third-order valence-corrected chi connectivity index (χ3v) is 3.25. The fraction of sp³-hybridized carbons (Fsp3) is 0.533. The van der Waals surface area contributed by atoms with Gasteiger partial charge < -0.3 is 15.0 Å². The van der Waals surface area contributed by atoms with Crippen LogP contribution in [0.4, 0.5) is 0 Å². The maximum absolute atomic E-state index is 11.7. The Bertz CT molecular complexity index is 449. The number of carbonyl (C=O) groups is 1. The summed E-state index contributed by atoms with van der Waals surface area (Å²) in [7, 11) is 4.04. The van der Waals surface area contributed by atoms with Crippen molar-refractivity contribution in [2.75, 3.05) is 33.8 Å². The van der Waals surface area contributed by atoms with Crippen LogP contribution in [-0.4, -0.2) is 44.6 Å². The van der Waals surface area contributed by atoms with Crippen molar-refractivity contribution < 1.29 is 9.53 Å². The van der Waals surface area contributed by atoms with Crippen LogP contribution in [0, 0.1) is 12.8 Å². The predicted molar refractivity (Wildman–Crippen MR) is 82.4 cm³/mol. The maximum Gasteiger partial charge on any atom is 0.257 e. The van der Waals surface area contributed by atoms with Gasteiger partial charge in [-0.15, -0.1) is 0 Å². The van der Waals surface area contributed by atoms with Crippen LogP contribution in [0.1, 0.15) is 12.5 Å². The minimum atomic E-state index is -0.108. The summed E-state index contributed by atoms with van der Waals surface area (Å²) in [6.45, 7) is 5.62. The second-order valence-corrected chi connectivity index (χ2v) is 5.78. The summed E-state index contributed by atoms with van der Waals surface area (Å²) >= 11 is 5.93. The van der Waals surface area contributed by atoms with E-state index < -0.39 is 0 Å². The first kappa shape index (κ1) is 16.8. The molecule has 0 saturated carbocycles. The predicted octanol–water partition coefficient (Wildman–Crippen LogP) is 2.34. The Hall–Kier alpha value is -1.26. The van der Waals surface area contributed by atoms with E-state index in [4.69, 9.17) is 16.3 Å². The number of rotatable bonds is 7. The van der Waals surface area contributed by atoms with E-state index in [2.05, 4.69) is 17.1 Å². The molecule has 1 aromatic rings. The molecule has 20 heavy (non-hydrogen) atoms. The number of ether oxygens (including phenoxy) is 1. The molecule has 0 aliphatic rings. The molecule has 0 bridgehead atoms.